The fraction of sp³-hybridized carbons (Fsp3) is 0.357. The average Bonchev–Trinajstić information content (AvgIpc) is 2.37. The van der Waals surface area contributed by atoms with Gasteiger partial charge in [0, 0.05) is 6.54 Å². The van der Waals surface area contributed by atoms with Gasteiger partial charge in [0.05, 0.1) is 6.04 Å². The van der Waals surface area contributed by atoms with Crippen molar-refractivity contribution in [1.29, 1.82) is 0 Å². The largest absolute Gasteiger partial charge is 0.508 e. The van der Waals surface area contributed by atoms with E-state index in [0.717, 1.165) is 12.0 Å². The summed E-state index contributed by atoms with van der Waals surface area (Å²) in [6.07, 6.45) is 5.22. The van der Waals surface area contributed by atoms with Crippen LogP contribution >= 0.6 is 0 Å². The average molecular weight is 248 g/mol. The summed E-state index contributed by atoms with van der Waals surface area (Å²) in [7, 11) is 0. The summed E-state index contributed by atoms with van der Waals surface area (Å²) in [5, 5.41) is 11.9. The second kappa shape index (κ2) is 7.50. The molecule has 0 saturated carbocycles. The molecule has 0 aliphatic heterocycles. The van der Waals surface area contributed by atoms with Crippen LogP contribution in [0.2, 0.25) is 0 Å². The van der Waals surface area contributed by atoms with Crippen molar-refractivity contribution in [2.24, 2.45) is 5.73 Å². The molecule has 0 aromatic heterocycles. The number of carbonyl (C=O) groups is 1. The van der Waals surface area contributed by atoms with E-state index in [0.29, 0.717) is 13.0 Å². The van der Waals surface area contributed by atoms with Crippen molar-refractivity contribution in [3.05, 3.63) is 42.0 Å². The number of phenols is 1. The molecule has 0 fully saturated rings. The summed E-state index contributed by atoms with van der Waals surface area (Å²) in [5.74, 6) is 0.0655. The Morgan fingerprint density at radius 2 is 2.11 bits per heavy atom. The van der Waals surface area contributed by atoms with Gasteiger partial charge in [0.15, 0.2) is 0 Å². The normalized spacial score (nSPS) is 12.6. The zero-order valence-corrected chi connectivity index (χ0v) is 10.6. The highest BCUT2D eigenvalue weighted by molar-refractivity contribution is 5.81. The number of benzene rings is 1. The molecule has 1 aromatic rings. The van der Waals surface area contributed by atoms with E-state index < -0.39 is 6.04 Å². The molecular weight excluding hydrogens is 228 g/mol. The van der Waals surface area contributed by atoms with Gasteiger partial charge >= 0.3 is 0 Å². The van der Waals surface area contributed by atoms with Gasteiger partial charge < -0.3 is 16.2 Å². The van der Waals surface area contributed by atoms with Crippen LogP contribution in [-0.2, 0) is 11.2 Å². The molecule has 98 valence electrons. The van der Waals surface area contributed by atoms with E-state index in [1.807, 2.05) is 19.1 Å². The maximum atomic E-state index is 11.7. The first kappa shape index (κ1) is 14.3. The number of rotatable bonds is 6. The van der Waals surface area contributed by atoms with Crippen LogP contribution in [-0.4, -0.2) is 23.6 Å². The van der Waals surface area contributed by atoms with Crippen molar-refractivity contribution in [3.63, 3.8) is 0 Å². The van der Waals surface area contributed by atoms with Gasteiger partial charge in [0.2, 0.25) is 5.91 Å². The molecule has 0 heterocycles. The summed E-state index contributed by atoms with van der Waals surface area (Å²) in [6.45, 7) is 2.55. The van der Waals surface area contributed by atoms with Crippen molar-refractivity contribution in [2.75, 3.05) is 6.54 Å². The highest BCUT2D eigenvalue weighted by Gasteiger charge is 2.12. The summed E-state index contributed by atoms with van der Waals surface area (Å²) in [4.78, 5) is 11.7. The predicted molar refractivity (Wildman–Crippen MR) is 72.2 cm³/mol. The van der Waals surface area contributed by atoms with Crippen LogP contribution < -0.4 is 11.1 Å². The van der Waals surface area contributed by atoms with Crippen molar-refractivity contribution in [2.45, 2.75) is 25.8 Å². The monoisotopic (exact) mass is 248 g/mol. The van der Waals surface area contributed by atoms with Gasteiger partial charge in [-0.1, -0.05) is 24.3 Å². The second-order valence-electron chi connectivity index (χ2n) is 4.13. The standard InChI is InChI=1S/C14H20N2O2/c1-2-3-4-9-16-14(18)13(15)10-11-5-7-12(17)8-6-11/h2-3,5-8,13,17H,4,9-10,15H2,1H3,(H,16,18)/b3-2+. The number of hydrogen-bond donors (Lipinski definition) is 3. The van der Waals surface area contributed by atoms with E-state index in [1.165, 1.54) is 0 Å². The SMILES string of the molecule is C/C=C/CCNC(=O)C(N)Cc1ccc(O)cc1. The van der Waals surface area contributed by atoms with Gasteiger partial charge in [-0.05, 0) is 37.5 Å². The minimum atomic E-state index is -0.555. The highest BCUT2D eigenvalue weighted by Crippen LogP contribution is 2.10. The first-order chi connectivity index (χ1) is 8.63. The van der Waals surface area contributed by atoms with Gasteiger partial charge in [0.1, 0.15) is 5.75 Å². The zero-order chi connectivity index (χ0) is 13.4. The van der Waals surface area contributed by atoms with Crippen molar-refractivity contribution >= 4 is 5.91 Å². The Bertz CT molecular complexity index is 399. The van der Waals surface area contributed by atoms with Crippen molar-refractivity contribution in [1.82, 2.24) is 5.32 Å². The minimum Gasteiger partial charge on any atom is -0.508 e. The zero-order valence-electron chi connectivity index (χ0n) is 10.6. The third-order valence-electron chi connectivity index (χ3n) is 2.57. The second-order valence-corrected chi connectivity index (χ2v) is 4.13. The van der Waals surface area contributed by atoms with E-state index in [1.54, 1.807) is 24.3 Å². The molecule has 1 atom stereocenters. The van der Waals surface area contributed by atoms with Crippen LogP contribution in [0.3, 0.4) is 0 Å². The molecule has 0 aliphatic rings. The van der Waals surface area contributed by atoms with Gasteiger partial charge in [-0.25, -0.2) is 0 Å². The van der Waals surface area contributed by atoms with Gasteiger partial charge in [-0.2, -0.15) is 0 Å². The van der Waals surface area contributed by atoms with Crippen molar-refractivity contribution in [3.8, 4) is 5.75 Å². The number of hydrogen-bond acceptors (Lipinski definition) is 3. The van der Waals surface area contributed by atoms with E-state index in [4.69, 9.17) is 10.8 Å². The van der Waals surface area contributed by atoms with Crippen molar-refractivity contribution < 1.29 is 9.90 Å². The maximum absolute atomic E-state index is 11.7. The first-order valence-corrected chi connectivity index (χ1v) is 6.06. The Labute approximate surface area is 108 Å². The van der Waals surface area contributed by atoms with Crippen LogP contribution in [0.15, 0.2) is 36.4 Å². The molecule has 0 spiro atoms. The lowest BCUT2D eigenvalue weighted by atomic mass is 10.1. The smallest absolute Gasteiger partial charge is 0.237 e. The lowest BCUT2D eigenvalue weighted by Crippen LogP contribution is -2.42. The number of carbonyl (C=O) groups excluding carboxylic acids is 1. The topological polar surface area (TPSA) is 75.4 Å². The summed E-state index contributed by atoms with van der Waals surface area (Å²) in [5.41, 5.74) is 6.74. The van der Waals surface area contributed by atoms with Crippen LogP contribution in [0.1, 0.15) is 18.9 Å². The highest BCUT2D eigenvalue weighted by atomic mass is 16.3. The molecule has 4 N–H and O–H groups in total. The molecule has 1 rings (SSSR count). The third kappa shape index (κ3) is 5.01. The molecule has 4 nitrogen and oxygen atoms in total. The minimum absolute atomic E-state index is 0.146. The first-order valence-electron chi connectivity index (χ1n) is 6.06. The Morgan fingerprint density at radius 1 is 1.44 bits per heavy atom. The van der Waals surface area contributed by atoms with E-state index in [2.05, 4.69) is 5.32 Å². The molecule has 0 aliphatic carbocycles. The lowest BCUT2D eigenvalue weighted by Gasteiger charge is -2.11. The van der Waals surface area contributed by atoms with Gasteiger partial charge in [0.25, 0.3) is 0 Å². The Morgan fingerprint density at radius 3 is 2.72 bits per heavy atom. The number of aromatic hydroxyl groups is 1. The molecule has 1 unspecified atom stereocenters. The lowest BCUT2D eigenvalue weighted by molar-refractivity contribution is -0.122. The van der Waals surface area contributed by atoms with Gasteiger partial charge in [-0.3, -0.25) is 4.79 Å². The number of nitrogens with two attached hydrogens (primary N) is 1. The molecular formula is C14H20N2O2. The quantitative estimate of drug-likeness (QED) is 0.525. The molecule has 1 aromatic carbocycles. The van der Waals surface area contributed by atoms with E-state index in [9.17, 15) is 4.79 Å². The number of phenolic OH excluding ortho intramolecular Hbond substituents is 1. The van der Waals surface area contributed by atoms with E-state index in [-0.39, 0.29) is 11.7 Å². The Kier molecular flexibility index (Phi) is 5.94. The molecule has 0 radical (unpaired) electrons. The molecule has 4 heteroatoms. The number of nitrogens with one attached hydrogen (secondary N) is 1. The predicted octanol–water partition coefficient (Wildman–Crippen LogP) is 1.34. The summed E-state index contributed by atoms with van der Waals surface area (Å²) >= 11 is 0. The fourth-order valence-corrected chi connectivity index (χ4v) is 1.56. The third-order valence-corrected chi connectivity index (χ3v) is 2.57. The van der Waals surface area contributed by atoms with Crippen LogP contribution in [0.4, 0.5) is 0 Å². The molecule has 0 bridgehead atoms. The summed E-state index contributed by atoms with van der Waals surface area (Å²) < 4.78 is 0. The summed E-state index contributed by atoms with van der Waals surface area (Å²) in [6, 6.07) is 6.16. The van der Waals surface area contributed by atoms with Crippen LogP contribution in [0.5, 0.6) is 5.75 Å². The van der Waals surface area contributed by atoms with Crippen LogP contribution in [0, 0.1) is 0 Å². The molecule has 18 heavy (non-hydrogen) atoms. The Balaban J connectivity index is 2.37. The number of allylic oxidation sites excluding steroid dienone is 1. The molecule has 0 saturated heterocycles. The van der Waals surface area contributed by atoms with E-state index >= 15 is 0 Å². The maximum Gasteiger partial charge on any atom is 0.237 e. The fourth-order valence-electron chi connectivity index (χ4n) is 1.56. The Hall–Kier alpha value is -1.81. The molecule has 1 amide bonds. The van der Waals surface area contributed by atoms with Crippen LogP contribution in [0.25, 0.3) is 0 Å². The van der Waals surface area contributed by atoms with Gasteiger partial charge in [-0.15, -0.1) is 0 Å². The number of amides is 1.